The number of nitrogens with zero attached hydrogens (tertiary/aromatic N) is 3. The van der Waals surface area contributed by atoms with Gasteiger partial charge in [-0.1, -0.05) is 42.8 Å². The van der Waals surface area contributed by atoms with Gasteiger partial charge in [0.15, 0.2) is 0 Å². The predicted octanol–water partition coefficient (Wildman–Crippen LogP) is 5.14. The van der Waals surface area contributed by atoms with Crippen LogP contribution in [-0.2, 0) is 17.7 Å². The summed E-state index contributed by atoms with van der Waals surface area (Å²) >= 11 is 0. The van der Waals surface area contributed by atoms with E-state index in [1.165, 1.54) is 5.56 Å². The van der Waals surface area contributed by atoms with Crippen LogP contribution in [-0.4, -0.2) is 51.7 Å². The molecule has 1 atom stereocenters. The van der Waals surface area contributed by atoms with Crippen LogP contribution in [0.15, 0.2) is 54.6 Å². The summed E-state index contributed by atoms with van der Waals surface area (Å²) in [5.41, 5.74) is 4.17. The summed E-state index contributed by atoms with van der Waals surface area (Å²) in [6.45, 7) is 12.5. The van der Waals surface area contributed by atoms with Gasteiger partial charge < -0.3 is 14.6 Å². The molecule has 3 rings (SSSR count). The molecule has 0 bridgehead atoms. The van der Waals surface area contributed by atoms with E-state index in [0.717, 1.165) is 29.1 Å². The molecule has 0 aliphatic heterocycles. The minimum atomic E-state index is -0.553. The Morgan fingerprint density at radius 1 is 1.03 bits per heavy atom. The molecule has 0 aliphatic rings. The lowest BCUT2D eigenvalue weighted by atomic mass is 10.1. The van der Waals surface area contributed by atoms with Gasteiger partial charge in [-0.2, -0.15) is 5.10 Å². The molecule has 33 heavy (non-hydrogen) atoms. The monoisotopic (exact) mass is 451 g/mol. The molecule has 0 saturated heterocycles. The molecule has 0 radical (unpaired) electrons. The molecule has 0 aliphatic carbocycles. The molecule has 178 valence electrons. The van der Waals surface area contributed by atoms with Gasteiger partial charge >= 0.3 is 0 Å². The van der Waals surface area contributed by atoms with Crippen LogP contribution in [0.3, 0.4) is 0 Å². The van der Waals surface area contributed by atoms with Crippen LogP contribution in [0.25, 0.3) is 5.69 Å². The summed E-state index contributed by atoms with van der Waals surface area (Å²) < 4.78 is 13.8. The molecule has 6 nitrogen and oxygen atoms in total. The average molecular weight is 452 g/mol. The first-order valence-corrected chi connectivity index (χ1v) is 11.8. The van der Waals surface area contributed by atoms with Crippen LogP contribution in [0.2, 0.25) is 0 Å². The zero-order chi connectivity index (χ0) is 23.8. The minimum Gasteiger partial charge on any atom is -0.439 e. The molecular formula is C27H37N3O3. The Morgan fingerprint density at radius 3 is 2.33 bits per heavy atom. The summed E-state index contributed by atoms with van der Waals surface area (Å²) in [6.07, 6.45) is 0.232. The highest BCUT2D eigenvalue weighted by Crippen LogP contribution is 2.32. The molecule has 0 fully saturated rings. The van der Waals surface area contributed by atoms with Gasteiger partial charge in [0, 0.05) is 25.7 Å². The Labute approximate surface area is 197 Å². The lowest BCUT2D eigenvalue weighted by Crippen LogP contribution is -2.39. The van der Waals surface area contributed by atoms with Crippen molar-refractivity contribution >= 4 is 0 Å². The first-order chi connectivity index (χ1) is 15.9. The number of para-hydroxylation sites is 1. The fourth-order valence-corrected chi connectivity index (χ4v) is 3.73. The second kappa shape index (κ2) is 12.0. The van der Waals surface area contributed by atoms with Crippen molar-refractivity contribution in [3.8, 4) is 17.3 Å². The van der Waals surface area contributed by atoms with Crippen LogP contribution in [0.4, 0.5) is 0 Å². The standard InChI is InChI=1S/C27H37N3O3/c1-6-26-25(18-29(20(3)4)17-23(31)19-32-7-2)27(33-24-15-13-21(5)14-16-24)30(28-26)22-11-9-8-10-12-22/h8-16,20,23,31H,6-7,17-19H2,1-5H3/t23-/m0/s1. The van der Waals surface area contributed by atoms with Gasteiger partial charge in [0.2, 0.25) is 5.88 Å². The van der Waals surface area contributed by atoms with Crippen LogP contribution >= 0.6 is 0 Å². The topological polar surface area (TPSA) is 59.8 Å². The Morgan fingerprint density at radius 2 is 1.73 bits per heavy atom. The molecule has 0 amide bonds. The zero-order valence-electron chi connectivity index (χ0n) is 20.5. The predicted molar refractivity (Wildman–Crippen MR) is 132 cm³/mol. The van der Waals surface area contributed by atoms with Crippen molar-refractivity contribution in [1.82, 2.24) is 14.7 Å². The average Bonchev–Trinajstić information content (AvgIpc) is 3.16. The number of aliphatic hydroxyl groups excluding tert-OH is 1. The molecule has 0 unspecified atom stereocenters. The molecule has 1 aromatic heterocycles. The minimum absolute atomic E-state index is 0.235. The van der Waals surface area contributed by atoms with Gasteiger partial charge in [0.25, 0.3) is 0 Å². The Kier molecular flexibility index (Phi) is 9.06. The zero-order valence-corrected chi connectivity index (χ0v) is 20.5. The molecule has 0 saturated carbocycles. The molecule has 2 aromatic carbocycles. The third kappa shape index (κ3) is 6.67. The smallest absolute Gasteiger partial charge is 0.227 e. The van der Waals surface area contributed by atoms with E-state index in [4.69, 9.17) is 14.6 Å². The number of ether oxygens (including phenoxy) is 2. The number of aliphatic hydroxyl groups is 1. The summed E-state index contributed by atoms with van der Waals surface area (Å²) in [4.78, 5) is 2.25. The van der Waals surface area contributed by atoms with Crippen molar-refractivity contribution in [1.29, 1.82) is 0 Å². The third-order valence-electron chi connectivity index (χ3n) is 5.64. The largest absolute Gasteiger partial charge is 0.439 e. The summed E-state index contributed by atoms with van der Waals surface area (Å²) in [7, 11) is 0. The second-order valence-corrected chi connectivity index (χ2v) is 8.58. The normalized spacial score (nSPS) is 12.5. The van der Waals surface area contributed by atoms with E-state index >= 15 is 0 Å². The molecule has 6 heteroatoms. The SMILES string of the molecule is CCOC[C@@H](O)CN(Cc1c(CC)nn(-c2ccccc2)c1Oc1ccc(C)cc1)C(C)C. The maximum atomic E-state index is 10.5. The lowest BCUT2D eigenvalue weighted by molar-refractivity contribution is 0.0131. The van der Waals surface area contributed by atoms with E-state index in [2.05, 4.69) is 32.6 Å². The number of hydrogen-bond donors (Lipinski definition) is 1. The van der Waals surface area contributed by atoms with Gasteiger partial charge in [-0.3, -0.25) is 4.90 Å². The van der Waals surface area contributed by atoms with E-state index in [1.807, 2.05) is 66.2 Å². The van der Waals surface area contributed by atoms with E-state index in [-0.39, 0.29) is 6.04 Å². The van der Waals surface area contributed by atoms with Crippen molar-refractivity contribution in [2.75, 3.05) is 19.8 Å². The van der Waals surface area contributed by atoms with Gasteiger partial charge in [-0.05, 0) is 58.4 Å². The number of aromatic nitrogens is 2. The maximum Gasteiger partial charge on any atom is 0.227 e. The molecule has 0 spiro atoms. The summed E-state index contributed by atoms with van der Waals surface area (Å²) in [6, 6.07) is 18.4. The Balaban J connectivity index is 2.00. The quantitative estimate of drug-likeness (QED) is 0.413. The highest BCUT2D eigenvalue weighted by molar-refractivity contribution is 5.44. The highest BCUT2D eigenvalue weighted by atomic mass is 16.5. The second-order valence-electron chi connectivity index (χ2n) is 8.58. The van der Waals surface area contributed by atoms with Crippen molar-refractivity contribution < 1.29 is 14.6 Å². The van der Waals surface area contributed by atoms with Crippen LogP contribution in [0.1, 0.15) is 44.5 Å². The number of hydrogen-bond acceptors (Lipinski definition) is 5. The number of benzene rings is 2. The highest BCUT2D eigenvalue weighted by Gasteiger charge is 2.24. The fraction of sp³-hybridized carbons (Fsp3) is 0.444. The summed E-state index contributed by atoms with van der Waals surface area (Å²) in [5, 5.41) is 15.4. The molecular weight excluding hydrogens is 414 g/mol. The van der Waals surface area contributed by atoms with Crippen LogP contribution < -0.4 is 4.74 Å². The summed E-state index contributed by atoms with van der Waals surface area (Å²) in [5.74, 6) is 1.49. The molecule has 1 heterocycles. The van der Waals surface area contributed by atoms with Crippen molar-refractivity contribution in [2.24, 2.45) is 0 Å². The van der Waals surface area contributed by atoms with E-state index in [0.29, 0.717) is 32.2 Å². The first kappa shape index (κ1) is 25.0. The van der Waals surface area contributed by atoms with E-state index in [9.17, 15) is 5.11 Å². The van der Waals surface area contributed by atoms with Crippen LogP contribution in [0, 0.1) is 6.92 Å². The Hall–Kier alpha value is -2.67. The lowest BCUT2D eigenvalue weighted by Gasteiger charge is -2.29. The van der Waals surface area contributed by atoms with E-state index < -0.39 is 6.10 Å². The van der Waals surface area contributed by atoms with Crippen molar-refractivity contribution in [3.05, 3.63) is 71.4 Å². The van der Waals surface area contributed by atoms with Crippen molar-refractivity contribution in [3.63, 3.8) is 0 Å². The Bertz CT molecular complexity index is 984. The van der Waals surface area contributed by atoms with Gasteiger partial charge in [-0.15, -0.1) is 0 Å². The molecule has 3 aromatic rings. The van der Waals surface area contributed by atoms with Gasteiger partial charge in [0.1, 0.15) is 5.75 Å². The number of aryl methyl sites for hydroxylation is 2. The van der Waals surface area contributed by atoms with Gasteiger partial charge in [0.05, 0.1) is 29.7 Å². The van der Waals surface area contributed by atoms with Crippen LogP contribution in [0.5, 0.6) is 11.6 Å². The fourth-order valence-electron chi connectivity index (χ4n) is 3.73. The molecule has 1 N–H and O–H groups in total. The number of rotatable bonds is 12. The van der Waals surface area contributed by atoms with Crippen molar-refractivity contribution in [2.45, 2.75) is 59.7 Å². The van der Waals surface area contributed by atoms with E-state index in [1.54, 1.807) is 0 Å². The third-order valence-corrected chi connectivity index (χ3v) is 5.64. The van der Waals surface area contributed by atoms with Gasteiger partial charge in [-0.25, -0.2) is 4.68 Å². The first-order valence-electron chi connectivity index (χ1n) is 11.8. The maximum absolute atomic E-state index is 10.5.